The van der Waals surface area contributed by atoms with Gasteiger partial charge in [-0.05, 0) is 35.8 Å². The molecule has 0 saturated carbocycles. The number of thioether (sulfide) groups is 1. The van der Waals surface area contributed by atoms with Crippen molar-refractivity contribution in [3.05, 3.63) is 62.8 Å². The first kappa shape index (κ1) is 18.0. The van der Waals surface area contributed by atoms with Gasteiger partial charge in [-0.3, -0.25) is 9.59 Å². The van der Waals surface area contributed by atoms with Gasteiger partial charge in [0.15, 0.2) is 10.9 Å². The third-order valence-electron chi connectivity index (χ3n) is 5.10. The van der Waals surface area contributed by atoms with Crippen molar-refractivity contribution in [2.75, 3.05) is 11.6 Å². The van der Waals surface area contributed by atoms with E-state index in [4.69, 9.17) is 0 Å². The van der Waals surface area contributed by atoms with Crippen LogP contribution in [-0.2, 0) is 4.79 Å². The minimum absolute atomic E-state index is 0.0158. The third kappa shape index (κ3) is 3.10. The van der Waals surface area contributed by atoms with Crippen LogP contribution >= 0.6 is 11.8 Å². The average Bonchev–Trinajstić information content (AvgIpc) is 2.59. The van der Waals surface area contributed by atoms with Crippen LogP contribution in [-0.4, -0.2) is 22.0 Å². The molecule has 0 amide bonds. The number of hydrogen-bond acceptors (Lipinski definition) is 5. The first-order valence-electron chi connectivity index (χ1n) is 8.76. The topological polar surface area (TPSA) is 74.8 Å². The van der Waals surface area contributed by atoms with Crippen molar-refractivity contribution in [3.8, 4) is 0 Å². The zero-order valence-electron chi connectivity index (χ0n) is 15.4. The molecule has 0 bridgehead atoms. The molecule has 1 unspecified atom stereocenters. The zero-order chi connectivity index (χ0) is 19.3. The van der Waals surface area contributed by atoms with Crippen molar-refractivity contribution >= 4 is 23.4 Å². The van der Waals surface area contributed by atoms with Gasteiger partial charge >= 0.3 is 0 Å². The predicted octanol–water partition coefficient (Wildman–Crippen LogP) is 3.83. The number of allylic oxidation sites excluding steroid dienone is 2. The van der Waals surface area contributed by atoms with Crippen LogP contribution in [0.2, 0.25) is 0 Å². The first-order valence-corrected chi connectivity index (χ1v) is 9.98. The Labute approximate surface area is 160 Å². The van der Waals surface area contributed by atoms with Crippen molar-refractivity contribution in [3.63, 3.8) is 0 Å². The zero-order valence-corrected chi connectivity index (χ0v) is 16.2. The molecule has 0 spiro atoms. The SMILES string of the molecule is CSc1nc2c(c(=O)[nH]1)C(c1ccc(F)cc1)C1=C(CC(C)(C)CC1=O)N2. The van der Waals surface area contributed by atoms with Crippen molar-refractivity contribution < 1.29 is 9.18 Å². The van der Waals surface area contributed by atoms with E-state index >= 15 is 0 Å². The van der Waals surface area contributed by atoms with E-state index in [1.807, 2.05) is 6.26 Å². The van der Waals surface area contributed by atoms with Crippen LogP contribution in [0.1, 0.15) is 43.7 Å². The summed E-state index contributed by atoms with van der Waals surface area (Å²) >= 11 is 1.35. The maximum atomic E-state index is 13.5. The molecule has 1 aromatic carbocycles. The fourth-order valence-corrected chi connectivity index (χ4v) is 4.36. The Kier molecular flexibility index (Phi) is 4.22. The fourth-order valence-electron chi connectivity index (χ4n) is 3.98. The highest BCUT2D eigenvalue weighted by atomic mass is 32.2. The number of nitrogens with zero attached hydrogens (tertiary/aromatic N) is 1. The van der Waals surface area contributed by atoms with Crippen LogP contribution in [0, 0.1) is 11.2 Å². The van der Waals surface area contributed by atoms with Crippen molar-refractivity contribution in [1.29, 1.82) is 0 Å². The molecule has 1 aliphatic heterocycles. The Hall–Kier alpha value is -2.41. The second-order valence-corrected chi connectivity index (χ2v) is 8.58. The van der Waals surface area contributed by atoms with Gasteiger partial charge in [0, 0.05) is 23.6 Å². The molecule has 1 aromatic heterocycles. The lowest BCUT2D eigenvalue weighted by Crippen LogP contribution is -2.37. The summed E-state index contributed by atoms with van der Waals surface area (Å²) in [6, 6.07) is 5.97. The quantitative estimate of drug-likeness (QED) is 0.607. The van der Waals surface area contributed by atoms with Crippen LogP contribution < -0.4 is 10.9 Å². The van der Waals surface area contributed by atoms with Gasteiger partial charge in [-0.15, -0.1) is 0 Å². The highest BCUT2D eigenvalue weighted by molar-refractivity contribution is 7.98. The number of rotatable bonds is 2. The molecule has 0 fully saturated rings. The van der Waals surface area contributed by atoms with E-state index < -0.39 is 5.92 Å². The molecule has 4 rings (SSSR count). The number of halogens is 1. The summed E-state index contributed by atoms with van der Waals surface area (Å²) in [4.78, 5) is 33.2. The number of aromatic nitrogens is 2. The number of hydrogen-bond donors (Lipinski definition) is 2. The molecule has 0 radical (unpaired) electrons. The second-order valence-electron chi connectivity index (χ2n) is 7.78. The number of aromatic amines is 1. The summed E-state index contributed by atoms with van der Waals surface area (Å²) < 4.78 is 13.5. The Morgan fingerprint density at radius 3 is 2.56 bits per heavy atom. The summed E-state index contributed by atoms with van der Waals surface area (Å²) in [5.74, 6) is -0.417. The molecule has 1 aliphatic carbocycles. The summed E-state index contributed by atoms with van der Waals surface area (Å²) in [5.41, 5.74) is 2.07. The summed E-state index contributed by atoms with van der Waals surface area (Å²) in [6.07, 6.45) is 2.94. The number of anilines is 1. The van der Waals surface area contributed by atoms with Crippen molar-refractivity contribution in [2.45, 2.75) is 37.8 Å². The molecule has 1 atom stereocenters. The number of carbonyl (C=O) groups is 1. The van der Waals surface area contributed by atoms with Crippen LogP contribution in [0.5, 0.6) is 0 Å². The number of Topliss-reactive ketones (excluding diaryl/α,β-unsaturated/α-hetero) is 1. The predicted molar refractivity (Wildman–Crippen MR) is 104 cm³/mol. The van der Waals surface area contributed by atoms with Gasteiger partial charge in [0.05, 0.1) is 5.56 Å². The van der Waals surface area contributed by atoms with Crippen LogP contribution in [0.15, 0.2) is 45.5 Å². The number of ketones is 1. The molecular weight excluding hydrogens is 365 g/mol. The van der Waals surface area contributed by atoms with Gasteiger partial charge in [-0.25, -0.2) is 9.37 Å². The van der Waals surface area contributed by atoms with Gasteiger partial charge in [-0.1, -0.05) is 37.7 Å². The average molecular weight is 385 g/mol. The lowest BCUT2D eigenvalue weighted by Gasteiger charge is -2.38. The Morgan fingerprint density at radius 2 is 1.89 bits per heavy atom. The van der Waals surface area contributed by atoms with Crippen LogP contribution in [0.4, 0.5) is 10.2 Å². The van der Waals surface area contributed by atoms with E-state index in [0.717, 1.165) is 5.70 Å². The fraction of sp³-hybridized carbons (Fsp3) is 0.350. The van der Waals surface area contributed by atoms with Gasteiger partial charge in [0.1, 0.15) is 11.6 Å². The molecule has 7 heteroatoms. The number of benzene rings is 1. The van der Waals surface area contributed by atoms with E-state index in [1.54, 1.807) is 12.1 Å². The Bertz CT molecular complexity index is 1020. The van der Waals surface area contributed by atoms with Gasteiger partial charge in [0.2, 0.25) is 0 Å². The Morgan fingerprint density at radius 1 is 1.19 bits per heavy atom. The maximum absolute atomic E-state index is 13.5. The molecule has 2 aromatic rings. The molecule has 2 heterocycles. The summed E-state index contributed by atoms with van der Waals surface area (Å²) in [5, 5.41) is 3.76. The van der Waals surface area contributed by atoms with Crippen molar-refractivity contribution in [2.24, 2.45) is 5.41 Å². The van der Waals surface area contributed by atoms with E-state index in [1.165, 1.54) is 23.9 Å². The van der Waals surface area contributed by atoms with Crippen LogP contribution in [0.25, 0.3) is 0 Å². The first-order chi connectivity index (χ1) is 12.8. The normalized spacial score (nSPS) is 20.7. The van der Waals surface area contributed by atoms with Gasteiger partial charge in [0.25, 0.3) is 5.56 Å². The minimum Gasteiger partial charge on any atom is -0.343 e. The molecule has 2 aliphatic rings. The van der Waals surface area contributed by atoms with Crippen LogP contribution in [0.3, 0.4) is 0 Å². The lowest BCUT2D eigenvalue weighted by atomic mass is 9.69. The summed E-state index contributed by atoms with van der Waals surface area (Å²) in [6.45, 7) is 4.11. The highest BCUT2D eigenvalue weighted by Crippen LogP contribution is 2.47. The molecule has 140 valence electrons. The monoisotopic (exact) mass is 385 g/mol. The molecule has 5 nitrogen and oxygen atoms in total. The number of nitrogens with one attached hydrogen (secondary N) is 2. The van der Waals surface area contributed by atoms with Crippen molar-refractivity contribution in [1.82, 2.24) is 9.97 Å². The standard InChI is InChI=1S/C20H20FN3O2S/c1-20(2)8-12-15(13(25)9-20)14(10-4-6-11(21)7-5-10)16-17(22-12)23-19(27-3)24-18(16)26/h4-7,14H,8-9H2,1-3H3,(H2,22,23,24,26). The Balaban J connectivity index is 1.97. The van der Waals surface area contributed by atoms with Gasteiger partial charge < -0.3 is 10.3 Å². The van der Waals surface area contributed by atoms with E-state index in [0.29, 0.717) is 40.5 Å². The number of H-pyrrole nitrogens is 1. The third-order valence-corrected chi connectivity index (χ3v) is 5.68. The highest BCUT2D eigenvalue weighted by Gasteiger charge is 2.42. The maximum Gasteiger partial charge on any atom is 0.257 e. The molecule has 2 N–H and O–H groups in total. The van der Waals surface area contributed by atoms with E-state index in [9.17, 15) is 14.0 Å². The number of carbonyl (C=O) groups excluding carboxylic acids is 1. The number of fused-ring (bicyclic) bond motifs is 1. The molecular formula is C20H20FN3O2S. The molecule has 0 saturated heterocycles. The minimum atomic E-state index is -0.549. The van der Waals surface area contributed by atoms with E-state index in [-0.39, 0.29) is 22.6 Å². The largest absolute Gasteiger partial charge is 0.343 e. The lowest BCUT2D eigenvalue weighted by molar-refractivity contribution is -0.118. The van der Waals surface area contributed by atoms with E-state index in [2.05, 4.69) is 29.1 Å². The van der Waals surface area contributed by atoms with Gasteiger partial charge in [-0.2, -0.15) is 0 Å². The summed E-state index contributed by atoms with van der Waals surface area (Å²) in [7, 11) is 0. The smallest absolute Gasteiger partial charge is 0.257 e. The molecule has 27 heavy (non-hydrogen) atoms. The second kappa shape index (κ2) is 6.34.